The number of carboxylic acids is 1. The first kappa shape index (κ1) is 43.0. The number of pyridine rings is 1. The third-order valence-corrected chi connectivity index (χ3v) is 16.6. The molecule has 0 radical (unpaired) electrons. The first-order valence-corrected chi connectivity index (χ1v) is 23.1. The van der Waals surface area contributed by atoms with Crippen molar-refractivity contribution in [3.63, 3.8) is 0 Å². The van der Waals surface area contributed by atoms with Crippen LogP contribution in [0.15, 0.2) is 152 Å². The van der Waals surface area contributed by atoms with Crippen molar-refractivity contribution in [2.75, 3.05) is 12.8 Å². The highest BCUT2D eigenvalue weighted by Gasteiger charge is 2.52. The molecule has 6 nitrogen and oxygen atoms in total. The molecule has 0 amide bonds. The third-order valence-electron chi connectivity index (χ3n) is 10.3. The van der Waals surface area contributed by atoms with Crippen LogP contribution in [0.2, 0.25) is 5.04 Å². The summed E-state index contributed by atoms with van der Waals surface area (Å²) in [5.41, 5.74) is 6.03. The fraction of sp³-hybridized carbons (Fsp3) is 0.240. The summed E-state index contributed by atoms with van der Waals surface area (Å²) in [6.07, 6.45) is -1.36. The van der Waals surface area contributed by atoms with Crippen molar-refractivity contribution < 1.29 is 27.8 Å². The van der Waals surface area contributed by atoms with E-state index in [-0.39, 0.29) is 36.8 Å². The van der Waals surface area contributed by atoms with Crippen molar-refractivity contribution in [3.8, 4) is 23.0 Å². The lowest BCUT2D eigenvalue weighted by Gasteiger charge is -2.44. The maximum absolute atomic E-state index is 14.2. The normalized spacial score (nSPS) is 12.5. The van der Waals surface area contributed by atoms with Crippen LogP contribution in [-0.2, 0) is 18.3 Å². The molecular weight excluding hydrogens is 773 g/mol. The van der Waals surface area contributed by atoms with Gasteiger partial charge in [-0.15, -0.1) is 4.52 Å². The molecule has 0 bridgehead atoms. The van der Waals surface area contributed by atoms with Crippen molar-refractivity contribution in [2.45, 2.75) is 64.0 Å². The maximum Gasteiger partial charge on any atom is 0.511 e. The predicted molar refractivity (Wildman–Crippen MR) is 238 cm³/mol. The second-order valence-electron chi connectivity index (χ2n) is 15.9. The molecule has 0 spiro atoms. The molecule has 0 fully saturated rings. The highest BCUT2D eigenvalue weighted by molar-refractivity contribution is 7.39. The first-order chi connectivity index (χ1) is 28.4. The van der Waals surface area contributed by atoms with Gasteiger partial charge >= 0.3 is 14.0 Å². The van der Waals surface area contributed by atoms with E-state index in [1.54, 1.807) is 12.1 Å². The topological polar surface area (TPSA) is 85.7 Å². The van der Waals surface area contributed by atoms with E-state index in [2.05, 4.69) is 70.7 Å². The van der Waals surface area contributed by atoms with Gasteiger partial charge in [0.15, 0.2) is 6.61 Å². The molecule has 1 N–H and O–H groups in total. The molecular formula is C50H50FNO5PSi+. The minimum absolute atomic E-state index is 0.0291. The number of carbonyl (C=O) groups is 1. The van der Waals surface area contributed by atoms with Gasteiger partial charge in [0.1, 0.15) is 11.9 Å². The van der Waals surface area contributed by atoms with E-state index in [1.807, 2.05) is 103 Å². The van der Waals surface area contributed by atoms with Crippen LogP contribution in [0.3, 0.4) is 0 Å². The SMILES string of the molecule is CC(C)c1nc(C(c2ccccc2)c2ccccc2)cc(-c2ccc(F)cc2)c1C#CCO[P+](=O)C[C@H](CC(=O)O)O[Si](c1ccccc1)(c1ccccc1)C(C)(C)C. The second kappa shape index (κ2) is 19.5. The standard InChI is InChI=1S/C50H49FNO5PSi/c1-36(2)49-44(45(37-28-30-40(51)31-29-37)34-46(52-49)48(38-19-10-6-11-20-38)39-21-12-7-13-22-39)27-18-32-56-58(55)35-41(33-47(53)54)57-59(50(3,4)5,42-23-14-8-15-24-42)43-25-16-9-17-26-43/h6-17,19-26,28-31,34,36,41,48H,32-33,35H2,1-5H3/p+1/t41-/m0/s1. The monoisotopic (exact) mass is 822 g/mol. The Morgan fingerprint density at radius 2 is 1.31 bits per heavy atom. The summed E-state index contributed by atoms with van der Waals surface area (Å²) < 4.78 is 40.8. The fourth-order valence-corrected chi connectivity index (χ4v) is 13.4. The van der Waals surface area contributed by atoms with Crippen LogP contribution in [0.1, 0.15) is 81.0 Å². The average Bonchev–Trinajstić information content (AvgIpc) is 3.22. The van der Waals surface area contributed by atoms with Crippen LogP contribution >= 0.6 is 8.03 Å². The molecule has 6 aromatic rings. The summed E-state index contributed by atoms with van der Waals surface area (Å²) in [5.74, 6) is 4.77. The molecule has 0 aliphatic heterocycles. The molecule has 1 aromatic heterocycles. The lowest BCUT2D eigenvalue weighted by molar-refractivity contribution is -0.138. The molecule has 0 saturated heterocycles. The fourth-order valence-electron chi connectivity index (χ4n) is 7.69. The molecule has 1 heterocycles. The molecule has 0 aliphatic rings. The molecule has 9 heteroatoms. The van der Waals surface area contributed by atoms with Gasteiger partial charge in [0, 0.05) is 5.56 Å². The quantitative estimate of drug-likeness (QED) is 0.0631. The minimum Gasteiger partial charge on any atom is -0.481 e. The molecule has 0 saturated carbocycles. The number of nitrogens with zero attached hydrogens (tertiary/aromatic N) is 1. The smallest absolute Gasteiger partial charge is 0.481 e. The van der Waals surface area contributed by atoms with E-state index in [0.717, 1.165) is 44.0 Å². The number of aliphatic carboxylic acids is 1. The van der Waals surface area contributed by atoms with Crippen LogP contribution in [0.25, 0.3) is 11.1 Å². The Bertz CT molecular complexity index is 2320. The van der Waals surface area contributed by atoms with E-state index < -0.39 is 33.5 Å². The lowest BCUT2D eigenvalue weighted by Crippen LogP contribution is -2.68. The molecule has 59 heavy (non-hydrogen) atoms. The van der Waals surface area contributed by atoms with Gasteiger partial charge in [-0.3, -0.25) is 9.78 Å². The number of carboxylic acid groups (broad SMARTS) is 1. The number of aromatic nitrogens is 1. The highest BCUT2D eigenvalue weighted by Crippen LogP contribution is 2.40. The largest absolute Gasteiger partial charge is 0.511 e. The predicted octanol–water partition coefficient (Wildman–Crippen LogP) is 10.7. The van der Waals surface area contributed by atoms with Crippen LogP contribution in [-0.4, -0.2) is 43.2 Å². The van der Waals surface area contributed by atoms with Gasteiger partial charge in [-0.2, -0.15) is 0 Å². The van der Waals surface area contributed by atoms with Gasteiger partial charge in [-0.05, 0) is 60.8 Å². The summed E-state index contributed by atoms with van der Waals surface area (Å²) in [4.78, 5) is 17.5. The van der Waals surface area contributed by atoms with Gasteiger partial charge in [0.05, 0.1) is 29.3 Å². The van der Waals surface area contributed by atoms with Gasteiger partial charge < -0.3 is 9.53 Å². The zero-order valence-electron chi connectivity index (χ0n) is 34.1. The molecule has 0 aliphatic carbocycles. The third kappa shape index (κ3) is 10.4. The van der Waals surface area contributed by atoms with E-state index in [1.165, 1.54) is 12.1 Å². The second-order valence-corrected chi connectivity index (χ2v) is 21.4. The minimum atomic E-state index is -3.15. The summed E-state index contributed by atoms with van der Waals surface area (Å²) >= 11 is 0. The zero-order valence-corrected chi connectivity index (χ0v) is 36.0. The van der Waals surface area contributed by atoms with Crippen LogP contribution < -0.4 is 10.4 Å². The van der Waals surface area contributed by atoms with Gasteiger partial charge in [0.2, 0.25) is 6.16 Å². The van der Waals surface area contributed by atoms with Crippen molar-refractivity contribution in [1.29, 1.82) is 0 Å². The summed E-state index contributed by atoms with van der Waals surface area (Å²) in [6.45, 7) is 10.3. The number of benzene rings is 5. The van der Waals surface area contributed by atoms with E-state index in [9.17, 15) is 18.9 Å². The Morgan fingerprint density at radius 1 is 0.797 bits per heavy atom. The van der Waals surface area contributed by atoms with Crippen LogP contribution in [0.4, 0.5) is 4.39 Å². The summed E-state index contributed by atoms with van der Waals surface area (Å²) in [5, 5.41) is 11.6. The summed E-state index contributed by atoms with van der Waals surface area (Å²) in [7, 11) is -5.52. The van der Waals surface area contributed by atoms with Crippen molar-refractivity contribution in [2.24, 2.45) is 0 Å². The van der Waals surface area contributed by atoms with Gasteiger partial charge in [-0.1, -0.05) is 180 Å². The lowest BCUT2D eigenvalue weighted by atomic mass is 9.85. The number of hydrogen-bond acceptors (Lipinski definition) is 5. The first-order valence-electron chi connectivity index (χ1n) is 19.8. The van der Waals surface area contributed by atoms with Crippen molar-refractivity contribution >= 4 is 32.7 Å². The van der Waals surface area contributed by atoms with Crippen molar-refractivity contribution in [1.82, 2.24) is 4.98 Å². The molecule has 2 atom stereocenters. The Hall–Kier alpha value is -5.55. The van der Waals surface area contributed by atoms with Gasteiger partial charge in [0.25, 0.3) is 8.32 Å². The highest BCUT2D eigenvalue weighted by atomic mass is 31.1. The molecule has 5 aromatic carbocycles. The van der Waals surface area contributed by atoms with Crippen LogP contribution in [0.5, 0.6) is 0 Å². The Morgan fingerprint density at radius 3 is 1.78 bits per heavy atom. The van der Waals surface area contributed by atoms with E-state index >= 15 is 0 Å². The van der Waals surface area contributed by atoms with Gasteiger partial charge in [-0.25, -0.2) is 4.39 Å². The maximum atomic E-state index is 14.2. The Kier molecular flexibility index (Phi) is 14.2. The molecule has 300 valence electrons. The number of rotatable bonds is 15. The number of halogens is 1. The Labute approximate surface area is 349 Å². The average molecular weight is 823 g/mol. The number of hydrogen-bond donors (Lipinski definition) is 1. The molecule has 6 rings (SSSR count). The van der Waals surface area contributed by atoms with E-state index in [4.69, 9.17) is 13.9 Å². The summed E-state index contributed by atoms with van der Waals surface area (Å²) in [6, 6.07) is 48.7. The zero-order chi connectivity index (χ0) is 42.0. The Balaban J connectivity index is 1.32. The van der Waals surface area contributed by atoms with Crippen molar-refractivity contribution in [3.05, 3.63) is 186 Å². The van der Waals surface area contributed by atoms with E-state index in [0.29, 0.717) is 5.56 Å². The molecule has 1 unspecified atom stereocenters. The van der Waals surface area contributed by atoms with Crippen LogP contribution in [0, 0.1) is 17.7 Å².